The number of morpholine rings is 1. The van der Waals surface area contributed by atoms with Gasteiger partial charge in [0.25, 0.3) is 0 Å². The minimum absolute atomic E-state index is 0.0316. The van der Waals surface area contributed by atoms with Gasteiger partial charge in [0.2, 0.25) is 5.91 Å². The Labute approximate surface area is 118 Å². The maximum absolute atomic E-state index is 11.5. The summed E-state index contributed by atoms with van der Waals surface area (Å²) < 4.78 is 11.0. The number of ether oxygens (including phenoxy) is 2. The quantitative estimate of drug-likeness (QED) is 0.794. The monoisotopic (exact) mass is 279 g/mol. The molecule has 0 aliphatic carbocycles. The second kappa shape index (κ2) is 6.00. The molecule has 6 heteroatoms. The fourth-order valence-corrected chi connectivity index (χ4v) is 2.27. The van der Waals surface area contributed by atoms with Crippen LogP contribution in [0.3, 0.4) is 0 Å². The highest BCUT2D eigenvalue weighted by Crippen LogP contribution is 2.34. The van der Waals surface area contributed by atoms with E-state index < -0.39 is 11.9 Å². The number of hydrogen-bond acceptors (Lipinski definition) is 5. The first-order valence-corrected chi connectivity index (χ1v) is 6.69. The van der Waals surface area contributed by atoms with Crippen molar-refractivity contribution in [1.29, 1.82) is 0 Å². The first kappa shape index (κ1) is 14.5. The molecule has 4 N–H and O–H groups in total. The maximum Gasteiger partial charge on any atom is 0.242 e. The van der Waals surface area contributed by atoms with E-state index in [-0.39, 0.29) is 12.7 Å². The van der Waals surface area contributed by atoms with Gasteiger partial charge in [-0.3, -0.25) is 4.79 Å². The fraction of sp³-hybridized carbons (Fsp3) is 0.500. The van der Waals surface area contributed by atoms with E-state index in [4.69, 9.17) is 20.9 Å². The molecule has 1 saturated heterocycles. The SMILES string of the molecule is CC(C)Oc1cccc(N2CCOCC2C(N)=O)c1N. The third-order valence-electron chi connectivity index (χ3n) is 3.17. The zero-order valence-electron chi connectivity index (χ0n) is 11.8. The van der Waals surface area contributed by atoms with Gasteiger partial charge in [-0.25, -0.2) is 0 Å². The summed E-state index contributed by atoms with van der Waals surface area (Å²) in [6.45, 7) is 5.27. The number of nitrogens with two attached hydrogens (primary N) is 2. The molecule has 1 aliphatic rings. The van der Waals surface area contributed by atoms with Crippen molar-refractivity contribution in [1.82, 2.24) is 0 Å². The van der Waals surface area contributed by atoms with E-state index in [1.54, 1.807) is 0 Å². The molecule has 0 aromatic heterocycles. The summed E-state index contributed by atoms with van der Waals surface area (Å²) in [5, 5.41) is 0. The molecule has 1 atom stereocenters. The summed E-state index contributed by atoms with van der Waals surface area (Å²) >= 11 is 0. The van der Waals surface area contributed by atoms with E-state index in [0.717, 1.165) is 5.69 Å². The Bertz CT molecular complexity index is 491. The molecule has 1 unspecified atom stereocenters. The predicted molar refractivity (Wildman–Crippen MR) is 77.8 cm³/mol. The third kappa shape index (κ3) is 2.96. The average Bonchev–Trinajstić information content (AvgIpc) is 2.40. The molecule has 0 bridgehead atoms. The Balaban J connectivity index is 2.33. The first-order valence-electron chi connectivity index (χ1n) is 6.69. The second-order valence-corrected chi connectivity index (χ2v) is 5.04. The summed E-state index contributed by atoms with van der Waals surface area (Å²) in [6, 6.07) is 5.04. The van der Waals surface area contributed by atoms with Crippen LogP contribution in [-0.4, -0.2) is 37.8 Å². The van der Waals surface area contributed by atoms with Crippen LogP contribution in [0.15, 0.2) is 18.2 Å². The van der Waals surface area contributed by atoms with E-state index in [2.05, 4.69) is 0 Å². The Kier molecular flexibility index (Phi) is 4.34. The van der Waals surface area contributed by atoms with E-state index in [1.807, 2.05) is 36.9 Å². The van der Waals surface area contributed by atoms with Crippen molar-refractivity contribution >= 4 is 17.3 Å². The van der Waals surface area contributed by atoms with Gasteiger partial charge >= 0.3 is 0 Å². The predicted octanol–water partition coefficient (Wildman–Crippen LogP) is 0.747. The van der Waals surface area contributed by atoms with Gasteiger partial charge in [0.15, 0.2) is 0 Å². The Morgan fingerprint density at radius 1 is 1.50 bits per heavy atom. The smallest absolute Gasteiger partial charge is 0.242 e. The van der Waals surface area contributed by atoms with Gasteiger partial charge in [-0.05, 0) is 26.0 Å². The molecule has 1 fully saturated rings. The molecule has 2 rings (SSSR count). The van der Waals surface area contributed by atoms with Crippen LogP contribution in [0.5, 0.6) is 5.75 Å². The van der Waals surface area contributed by atoms with E-state index in [1.165, 1.54) is 0 Å². The minimum Gasteiger partial charge on any atom is -0.489 e. The highest BCUT2D eigenvalue weighted by Gasteiger charge is 2.29. The van der Waals surface area contributed by atoms with Crippen molar-refractivity contribution < 1.29 is 14.3 Å². The molecular formula is C14H21N3O3. The summed E-state index contributed by atoms with van der Waals surface area (Å²) in [5.41, 5.74) is 12.9. The zero-order valence-corrected chi connectivity index (χ0v) is 11.8. The van der Waals surface area contributed by atoms with Crippen molar-refractivity contribution in [2.24, 2.45) is 5.73 Å². The normalized spacial score (nSPS) is 19.1. The lowest BCUT2D eigenvalue weighted by Crippen LogP contribution is -2.52. The van der Waals surface area contributed by atoms with Crippen LogP contribution >= 0.6 is 0 Å². The second-order valence-electron chi connectivity index (χ2n) is 5.04. The summed E-state index contributed by atoms with van der Waals surface area (Å²) in [6.07, 6.45) is 0.0316. The van der Waals surface area contributed by atoms with Crippen molar-refractivity contribution in [2.45, 2.75) is 26.0 Å². The number of amides is 1. The van der Waals surface area contributed by atoms with Crippen molar-refractivity contribution in [2.75, 3.05) is 30.4 Å². The molecule has 0 spiro atoms. The van der Waals surface area contributed by atoms with Crippen LogP contribution in [0, 0.1) is 0 Å². The fourth-order valence-electron chi connectivity index (χ4n) is 2.27. The standard InChI is InChI=1S/C14H21N3O3/c1-9(2)20-12-5-3-4-10(13(12)15)17-6-7-19-8-11(17)14(16)18/h3-5,9,11H,6-8,15H2,1-2H3,(H2,16,18). The maximum atomic E-state index is 11.5. The topological polar surface area (TPSA) is 90.8 Å². The molecule has 0 radical (unpaired) electrons. The van der Waals surface area contributed by atoms with Crippen molar-refractivity contribution in [3.8, 4) is 5.75 Å². The van der Waals surface area contributed by atoms with E-state index >= 15 is 0 Å². The van der Waals surface area contributed by atoms with Crippen LogP contribution < -0.4 is 21.1 Å². The van der Waals surface area contributed by atoms with Gasteiger partial charge in [0.05, 0.1) is 30.7 Å². The van der Waals surface area contributed by atoms with E-state index in [9.17, 15) is 4.79 Å². The van der Waals surface area contributed by atoms with Gasteiger partial charge in [0.1, 0.15) is 11.8 Å². The molecule has 6 nitrogen and oxygen atoms in total. The number of nitrogen functional groups attached to an aromatic ring is 1. The molecule has 1 heterocycles. The van der Waals surface area contributed by atoms with Crippen molar-refractivity contribution in [3.05, 3.63) is 18.2 Å². The lowest BCUT2D eigenvalue weighted by molar-refractivity contribution is -0.121. The molecule has 1 aromatic carbocycles. The highest BCUT2D eigenvalue weighted by atomic mass is 16.5. The Hall–Kier alpha value is -1.95. The molecule has 1 aromatic rings. The summed E-state index contributed by atoms with van der Waals surface area (Å²) in [7, 11) is 0. The van der Waals surface area contributed by atoms with Gasteiger partial charge in [-0.1, -0.05) is 6.07 Å². The van der Waals surface area contributed by atoms with Gasteiger partial charge < -0.3 is 25.8 Å². The molecular weight excluding hydrogens is 258 g/mol. The lowest BCUT2D eigenvalue weighted by Gasteiger charge is -2.36. The van der Waals surface area contributed by atoms with Gasteiger partial charge in [-0.2, -0.15) is 0 Å². The van der Waals surface area contributed by atoms with Crippen molar-refractivity contribution in [3.63, 3.8) is 0 Å². The molecule has 1 aliphatic heterocycles. The number of anilines is 2. The Morgan fingerprint density at radius 2 is 2.25 bits per heavy atom. The summed E-state index contributed by atoms with van der Waals surface area (Å²) in [5.74, 6) is 0.200. The van der Waals surface area contributed by atoms with E-state index in [0.29, 0.717) is 24.6 Å². The number of para-hydroxylation sites is 1. The molecule has 1 amide bonds. The number of carbonyl (C=O) groups is 1. The number of hydrogen-bond donors (Lipinski definition) is 2. The summed E-state index contributed by atoms with van der Waals surface area (Å²) in [4.78, 5) is 13.4. The highest BCUT2D eigenvalue weighted by molar-refractivity contribution is 5.86. The molecule has 0 saturated carbocycles. The number of benzene rings is 1. The van der Waals surface area contributed by atoms with Crippen LogP contribution in [0.25, 0.3) is 0 Å². The van der Waals surface area contributed by atoms with Crippen LogP contribution in [0.4, 0.5) is 11.4 Å². The number of rotatable bonds is 4. The number of carbonyl (C=O) groups excluding carboxylic acids is 1. The first-order chi connectivity index (χ1) is 9.50. The largest absolute Gasteiger partial charge is 0.489 e. The molecule has 20 heavy (non-hydrogen) atoms. The third-order valence-corrected chi connectivity index (χ3v) is 3.17. The number of nitrogens with zero attached hydrogens (tertiary/aromatic N) is 1. The lowest BCUT2D eigenvalue weighted by atomic mass is 10.1. The van der Waals surface area contributed by atoms with Crippen LogP contribution in [0.2, 0.25) is 0 Å². The van der Waals surface area contributed by atoms with Gasteiger partial charge in [0, 0.05) is 6.54 Å². The minimum atomic E-state index is -0.500. The van der Waals surface area contributed by atoms with Gasteiger partial charge in [-0.15, -0.1) is 0 Å². The Morgan fingerprint density at radius 3 is 2.90 bits per heavy atom. The average molecular weight is 279 g/mol. The molecule has 110 valence electrons. The van der Waals surface area contributed by atoms with Crippen LogP contribution in [-0.2, 0) is 9.53 Å². The number of primary amides is 1. The zero-order chi connectivity index (χ0) is 14.7. The van der Waals surface area contributed by atoms with Crippen LogP contribution in [0.1, 0.15) is 13.8 Å².